The lowest BCUT2D eigenvalue weighted by atomic mass is 9.94. The largest absolute Gasteiger partial charge is 0.354 e. The molecule has 1 amide bonds. The fraction of sp³-hybridized carbons (Fsp3) is 0.474. The van der Waals surface area contributed by atoms with Crippen molar-refractivity contribution in [2.75, 3.05) is 6.54 Å². The van der Waals surface area contributed by atoms with Crippen molar-refractivity contribution < 1.29 is 4.79 Å². The van der Waals surface area contributed by atoms with Crippen molar-refractivity contribution >= 4 is 5.91 Å². The van der Waals surface area contributed by atoms with E-state index >= 15 is 0 Å². The van der Waals surface area contributed by atoms with Crippen molar-refractivity contribution in [3.63, 3.8) is 0 Å². The molecule has 1 saturated carbocycles. The summed E-state index contributed by atoms with van der Waals surface area (Å²) in [5.74, 6) is 2.14. The highest BCUT2D eigenvalue weighted by atomic mass is 16.2. The molecule has 2 aliphatic rings. The molecule has 136 valence electrons. The number of fused-ring (bicyclic) bond motifs is 2. The summed E-state index contributed by atoms with van der Waals surface area (Å²) >= 11 is 0. The van der Waals surface area contributed by atoms with E-state index in [9.17, 15) is 9.59 Å². The van der Waals surface area contributed by atoms with Gasteiger partial charge in [0.2, 0.25) is 5.91 Å². The molecule has 2 aromatic rings. The minimum atomic E-state index is -0.298. The van der Waals surface area contributed by atoms with Gasteiger partial charge in [-0.15, -0.1) is 5.10 Å². The summed E-state index contributed by atoms with van der Waals surface area (Å²) in [6.07, 6.45) is 6.92. The van der Waals surface area contributed by atoms with E-state index in [4.69, 9.17) is 0 Å². The Bertz CT molecular complexity index is 926. The predicted octanol–water partition coefficient (Wildman–Crippen LogP) is 1.37. The van der Waals surface area contributed by atoms with Crippen LogP contribution >= 0.6 is 0 Å². The Morgan fingerprint density at radius 2 is 2.08 bits per heavy atom. The molecule has 0 unspecified atom stereocenters. The van der Waals surface area contributed by atoms with Gasteiger partial charge < -0.3 is 5.32 Å². The summed E-state index contributed by atoms with van der Waals surface area (Å²) in [7, 11) is 0. The van der Waals surface area contributed by atoms with Gasteiger partial charge in [0.25, 0.3) is 5.56 Å². The van der Waals surface area contributed by atoms with Gasteiger partial charge in [0, 0.05) is 18.3 Å². The lowest BCUT2D eigenvalue weighted by Gasteiger charge is -2.18. The van der Waals surface area contributed by atoms with Crippen LogP contribution in [0.15, 0.2) is 35.1 Å². The lowest BCUT2D eigenvalue weighted by Crippen LogP contribution is -2.37. The quantitative estimate of drug-likeness (QED) is 0.823. The molecule has 0 radical (unpaired) electrons. The maximum atomic E-state index is 12.3. The molecule has 2 aliphatic carbocycles. The summed E-state index contributed by atoms with van der Waals surface area (Å²) in [6.45, 7) is 4.41. The smallest absolute Gasteiger partial charge is 0.267 e. The maximum absolute atomic E-state index is 12.3. The fourth-order valence-corrected chi connectivity index (χ4v) is 4.09. The molecule has 0 spiro atoms. The van der Waals surface area contributed by atoms with E-state index in [0.717, 1.165) is 17.8 Å². The zero-order valence-corrected chi connectivity index (χ0v) is 15.1. The van der Waals surface area contributed by atoms with Gasteiger partial charge in [-0.05, 0) is 56.6 Å². The molecular weight excluding hydrogens is 330 g/mol. The highest BCUT2D eigenvalue weighted by molar-refractivity contribution is 5.75. The van der Waals surface area contributed by atoms with E-state index in [1.54, 1.807) is 10.7 Å². The van der Waals surface area contributed by atoms with Crippen molar-refractivity contribution in [1.82, 2.24) is 24.9 Å². The number of rotatable bonds is 5. The first-order chi connectivity index (χ1) is 12.5. The molecule has 7 heteroatoms. The van der Waals surface area contributed by atoms with Crippen molar-refractivity contribution in [3.05, 3.63) is 52.1 Å². The molecule has 2 bridgehead atoms. The van der Waals surface area contributed by atoms with Crippen molar-refractivity contribution in [2.24, 2.45) is 17.8 Å². The number of nitrogens with zero attached hydrogens (tertiary/aromatic N) is 4. The van der Waals surface area contributed by atoms with Crippen LogP contribution in [0.2, 0.25) is 0 Å². The SMILES string of the molecule is Cc1cc(C)n(-c2ccc(=O)n(CC(=O)NC[C@H]3C[C@H]4C=C[C@H]3C4)n2)n1. The molecule has 3 atom stereocenters. The van der Waals surface area contributed by atoms with Gasteiger partial charge in [0.05, 0.1) is 5.69 Å². The van der Waals surface area contributed by atoms with Crippen LogP contribution in [0.4, 0.5) is 0 Å². The topological polar surface area (TPSA) is 81.8 Å². The standard InChI is InChI=1S/C19H23N5O2/c1-12-7-13(2)24(21-12)17-5-6-19(26)23(22-17)11-18(25)20-10-16-9-14-3-4-15(16)8-14/h3-7,14-16H,8-11H2,1-2H3,(H,20,25)/t14-,15-,16+/m0/s1. The molecule has 2 heterocycles. The average Bonchev–Trinajstić information content (AvgIpc) is 3.30. The van der Waals surface area contributed by atoms with Crippen LogP contribution < -0.4 is 10.9 Å². The first kappa shape index (κ1) is 16.8. The van der Waals surface area contributed by atoms with Gasteiger partial charge in [0.1, 0.15) is 6.54 Å². The highest BCUT2D eigenvalue weighted by Crippen LogP contribution is 2.42. The number of amides is 1. The second-order valence-electron chi connectivity index (χ2n) is 7.37. The van der Waals surface area contributed by atoms with Gasteiger partial charge in [-0.3, -0.25) is 9.59 Å². The number of allylic oxidation sites excluding steroid dienone is 2. The Morgan fingerprint density at radius 3 is 2.73 bits per heavy atom. The molecule has 4 rings (SSSR count). The predicted molar refractivity (Wildman–Crippen MR) is 96.9 cm³/mol. The second kappa shape index (κ2) is 6.55. The lowest BCUT2D eigenvalue weighted by molar-refractivity contribution is -0.122. The Kier molecular flexibility index (Phi) is 4.22. The number of carbonyl (C=O) groups is 1. The first-order valence-corrected chi connectivity index (χ1v) is 9.06. The average molecular weight is 353 g/mol. The Balaban J connectivity index is 1.43. The van der Waals surface area contributed by atoms with Gasteiger partial charge >= 0.3 is 0 Å². The fourth-order valence-electron chi connectivity index (χ4n) is 4.09. The first-order valence-electron chi connectivity index (χ1n) is 9.06. The van der Waals surface area contributed by atoms with Crippen LogP contribution in [0.25, 0.3) is 5.82 Å². The third-order valence-electron chi connectivity index (χ3n) is 5.35. The zero-order valence-electron chi connectivity index (χ0n) is 15.1. The van der Waals surface area contributed by atoms with Crippen molar-refractivity contribution in [1.29, 1.82) is 0 Å². The van der Waals surface area contributed by atoms with Crippen LogP contribution in [0.5, 0.6) is 0 Å². The van der Waals surface area contributed by atoms with E-state index in [1.165, 1.54) is 17.2 Å². The Morgan fingerprint density at radius 1 is 1.23 bits per heavy atom. The van der Waals surface area contributed by atoms with E-state index in [2.05, 4.69) is 27.7 Å². The maximum Gasteiger partial charge on any atom is 0.267 e. The molecule has 7 nitrogen and oxygen atoms in total. The minimum Gasteiger partial charge on any atom is -0.354 e. The Hall–Kier alpha value is -2.70. The summed E-state index contributed by atoms with van der Waals surface area (Å²) < 4.78 is 2.87. The summed E-state index contributed by atoms with van der Waals surface area (Å²) in [4.78, 5) is 24.4. The monoisotopic (exact) mass is 353 g/mol. The number of hydrogen-bond donors (Lipinski definition) is 1. The Labute approximate surface area is 151 Å². The molecule has 1 fully saturated rings. The van der Waals surface area contributed by atoms with Gasteiger partial charge in [-0.25, -0.2) is 9.36 Å². The van der Waals surface area contributed by atoms with Crippen LogP contribution in [-0.2, 0) is 11.3 Å². The van der Waals surface area contributed by atoms with E-state index in [-0.39, 0.29) is 18.0 Å². The molecule has 26 heavy (non-hydrogen) atoms. The third-order valence-corrected chi connectivity index (χ3v) is 5.35. The summed E-state index contributed by atoms with van der Waals surface area (Å²) in [6, 6.07) is 4.98. The third kappa shape index (κ3) is 3.21. The van der Waals surface area contributed by atoms with E-state index in [1.807, 2.05) is 19.9 Å². The normalized spacial score (nSPS) is 23.5. The van der Waals surface area contributed by atoms with Crippen molar-refractivity contribution in [2.45, 2.75) is 33.2 Å². The summed E-state index contributed by atoms with van der Waals surface area (Å²) in [5, 5.41) is 11.6. The molecule has 0 saturated heterocycles. The number of carbonyl (C=O) groups excluding carboxylic acids is 1. The highest BCUT2D eigenvalue weighted by Gasteiger charge is 2.35. The van der Waals surface area contributed by atoms with Gasteiger partial charge in [-0.2, -0.15) is 5.10 Å². The van der Waals surface area contributed by atoms with Crippen LogP contribution in [0.3, 0.4) is 0 Å². The molecular formula is C19H23N5O2. The molecule has 0 aromatic carbocycles. The minimum absolute atomic E-state index is 0.0807. The van der Waals surface area contributed by atoms with E-state index < -0.39 is 0 Å². The zero-order chi connectivity index (χ0) is 18.3. The number of aryl methyl sites for hydroxylation is 2. The number of nitrogens with one attached hydrogen (secondary N) is 1. The van der Waals surface area contributed by atoms with Crippen molar-refractivity contribution in [3.8, 4) is 5.82 Å². The second-order valence-corrected chi connectivity index (χ2v) is 7.37. The van der Waals surface area contributed by atoms with Crippen LogP contribution in [0.1, 0.15) is 24.2 Å². The summed E-state index contributed by atoms with van der Waals surface area (Å²) in [5.41, 5.74) is 1.50. The molecule has 0 aliphatic heterocycles. The number of aromatic nitrogens is 4. The number of hydrogen-bond acceptors (Lipinski definition) is 4. The van der Waals surface area contributed by atoms with Gasteiger partial charge in [-0.1, -0.05) is 12.2 Å². The molecule has 1 N–H and O–H groups in total. The van der Waals surface area contributed by atoms with Gasteiger partial charge in [0.15, 0.2) is 5.82 Å². The van der Waals surface area contributed by atoms with Crippen LogP contribution in [0, 0.1) is 31.6 Å². The van der Waals surface area contributed by atoms with E-state index in [0.29, 0.717) is 30.1 Å². The van der Waals surface area contributed by atoms with Crippen LogP contribution in [-0.4, -0.2) is 32.0 Å². The molecule has 2 aromatic heterocycles.